The van der Waals surface area contributed by atoms with Crippen LogP contribution in [-0.2, 0) is 0 Å². The fourth-order valence-electron chi connectivity index (χ4n) is 2.77. The number of benzene rings is 1. The van der Waals surface area contributed by atoms with Gasteiger partial charge in [-0.1, -0.05) is 42.6 Å². The highest BCUT2D eigenvalue weighted by Gasteiger charge is 2.21. The van der Waals surface area contributed by atoms with E-state index in [1.807, 2.05) is 22.9 Å². The van der Waals surface area contributed by atoms with Crippen LogP contribution in [0.3, 0.4) is 0 Å². The van der Waals surface area contributed by atoms with Crippen LogP contribution in [0.2, 0.25) is 5.15 Å². The number of halogens is 1. The molecule has 0 aliphatic heterocycles. The Labute approximate surface area is 113 Å². The summed E-state index contributed by atoms with van der Waals surface area (Å²) in [4.78, 5) is 0. The van der Waals surface area contributed by atoms with E-state index in [4.69, 9.17) is 16.7 Å². The Kier molecular flexibility index (Phi) is 3.13. The quantitative estimate of drug-likeness (QED) is 0.778. The van der Waals surface area contributed by atoms with E-state index >= 15 is 0 Å². The molecule has 2 aromatic rings. The molecule has 2 nitrogen and oxygen atoms in total. The van der Waals surface area contributed by atoms with Crippen LogP contribution in [0, 0.1) is 6.92 Å². The lowest BCUT2D eigenvalue weighted by atomic mass is 10.1. The first-order valence-corrected chi connectivity index (χ1v) is 6.95. The van der Waals surface area contributed by atoms with Crippen LogP contribution in [0.5, 0.6) is 0 Å². The molecule has 0 spiro atoms. The van der Waals surface area contributed by atoms with E-state index in [9.17, 15) is 0 Å². The SMILES string of the molecule is Cc1ccccc1-n1nc(C2CCCC2)cc1Cl. The van der Waals surface area contributed by atoms with Gasteiger partial charge in [0.1, 0.15) is 5.15 Å². The van der Waals surface area contributed by atoms with Gasteiger partial charge in [-0.3, -0.25) is 0 Å². The summed E-state index contributed by atoms with van der Waals surface area (Å²) in [5, 5.41) is 5.42. The van der Waals surface area contributed by atoms with E-state index in [2.05, 4.69) is 19.1 Å². The molecule has 1 fully saturated rings. The highest BCUT2D eigenvalue weighted by molar-refractivity contribution is 6.29. The maximum Gasteiger partial charge on any atom is 0.133 e. The van der Waals surface area contributed by atoms with Gasteiger partial charge < -0.3 is 0 Å². The van der Waals surface area contributed by atoms with E-state index in [1.54, 1.807) is 0 Å². The molecule has 1 aliphatic rings. The third-order valence-electron chi connectivity index (χ3n) is 3.80. The largest absolute Gasteiger partial charge is 0.222 e. The second-order valence-electron chi connectivity index (χ2n) is 5.07. The van der Waals surface area contributed by atoms with Gasteiger partial charge in [0.05, 0.1) is 11.4 Å². The Hall–Kier alpha value is -1.28. The number of nitrogens with zero attached hydrogens (tertiary/aromatic N) is 2. The van der Waals surface area contributed by atoms with Gasteiger partial charge in [-0.05, 0) is 37.5 Å². The predicted molar refractivity (Wildman–Crippen MR) is 74.5 cm³/mol. The molecule has 1 aromatic heterocycles. The van der Waals surface area contributed by atoms with E-state index in [0.717, 1.165) is 11.4 Å². The summed E-state index contributed by atoms with van der Waals surface area (Å²) in [5.41, 5.74) is 3.42. The minimum atomic E-state index is 0.604. The molecule has 3 rings (SSSR count). The number of aryl methyl sites for hydroxylation is 1. The summed E-state index contributed by atoms with van der Waals surface area (Å²) in [6, 6.07) is 10.2. The number of hydrogen-bond donors (Lipinski definition) is 0. The third-order valence-corrected chi connectivity index (χ3v) is 4.07. The maximum atomic E-state index is 6.33. The van der Waals surface area contributed by atoms with Gasteiger partial charge in [0.15, 0.2) is 0 Å². The third kappa shape index (κ3) is 2.05. The average Bonchev–Trinajstić information content (AvgIpc) is 2.99. The first-order chi connectivity index (χ1) is 8.75. The maximum absolute atomic E-state index is 6.33. The number of para-hydroxylation sites is 1. The van der Waals surface area contributed by atoms with Crippen LogP contribution in [0.15, 0.2) is 30.3 Å². The predicted octanol–water partition coefficient (Wildman–Crippen LogP) is 4.49. The molecule has 0 bridgehead atoms. The minimum Gasteiger partial charge on any atom is -0.222 e. The summed E-state index contributed by atoms with van der Waals surface area (Å²) >= 11 is 6.33. The number of hydrogen-bond acceptors (Lipinski definition) is 1. The lowest BCUT2D eigenvalue weighted by Crippen LogP contribution is -2.01. The van der Waals surface area contributed by atoms with Gasteiger partial charge in [0.25, 0.3) is 0 Å². The molecule has 1 heterocycles. The van der Waals surface area contributed by atoms with Crippen LogP contribution < -0.4 is 0 Å². The van der Waals surface area contributed by atoms with Crippen molar-refractivity contribution in [3.8, 4) is 5.69 Å². The Balaban J connectivity index is 2.00. The first kappa shape index (κ1) is 11.8. The summed E-state index contributed by atoms with van der Waals surface area (Å²) < 4.78 is 1.87. The second-order valence-corrected chi connectivity index (χ2v) is 5.46. The van der Waals surface area contributed by atoms with Crippen molar-refractivity contribution in [2.24, 2.45) is 0 Å². The number of rotatable bonds is 2. The van der Waals surface area contributed by atoms with E-state index in [0.29, 0.717) is 11.1 Å². The first-order valence-electron chi connectivity index (χ1n) is 6.57. The lowest BCUT2D eigenvalue weighted by molar-refractivity contribution is 0.678. The topological polar surface area (TPSA) is 17.8 Å². The van der Waals surface area contributed by atoms with Crippen molar-refractivity contribution in [1.82, 2.24) is 9.78 Å². The molecular weight excluding hydrogens is 244 g/mol. The molecule has 3 heteroatoms. The zero-order chi connectivity index (χ0) is 12.5. The van der Waals surface area contributed by atoms with Crippen LogP contribution in [0.1, 0.15) is 42.9 Å². The molecule has 0 unspecified atom stereocenters. The zero-order valence-corrected chi connectivity index (χ0v) is 11.3. The minimum absolute atomic E-state index is 0.604. The van der Waals surface area contributed by atoms with Gasteiger partial charge >= 0.3 is 0 Å². The van der Waals surface area contributed by atoms with E-state index in [-0.39, 0.29) is 0 Å². The van der Waals surface area contributed by atoms with Crippen molar-refractivity contribution in [2.45, 2.75) is 38.5 Å². The molecule has 1 aliphatic carbocycles. The van der Waals surface area contributed by atoms with Crippen molar-refractivity contribution >= 4 is 11.6 Å². The Bertz CT molecular complexity index is 553. The van der Waals surface area contributed by atoms with Crippen molar-refractivity contribution in [1.29, 1.82) is 0 Å². The van der Waals surface area contributed by atoms with Crippen LogP contribution in [-0.4, -0.2) is 9.78 Å². The summed E-state index contributed by atoms with van der Waals surface area (Å²) in [6.45, 7) is 2.09. The van der Waals surface area contributed by atoms with E-state index in [1.165, 1.54) is 31.2 Å². The molecule has 18 heavy (non-hydrogen) atoms. The van der Waals surface area contributed by atoms with Crippen LogP contribution in [0.4, 0.5) is 0 Å². The van der Waals surface area contributed by atoms with Gasteiger partial charge in [-0.15, -0.1) is 0 Å². The Morgan fingerprint density at radius 1 is 1.22 bits per heavy atom. The van der Waals surface area contributed by atoms with Crippen LogP contribution >= 0.6 is 11.6 Å². The molecule has 1 aromatic carbocycles. The summed E-state index contributed by atoms with van der Waals surface area (Å²) in [6.07, 6.45) is 5.14. The van der Waals surface area contributed by atoms with Gasteiger partial charge in [-0.25, -0.2) is 4.68 Å². The van der Waals surface area contributed by atoms with Gasteiger partial charge in [-0.2, -0.15) is 5.10 Å². The molecule has 0 amide bonds. The highest BCUT2D eigenvalue weighted by atomic mass is 35.5. The van der Waals surface area contributed by atoms with Crippen molar-refractivity contribution in [2.75, 3.05) is 0 Å². The molecular formula is C15H17ClN2. The Morgan fingerprint density at radius 2 is 1.94 bits per heavy atom. The van der Waals surface area contributed by atoms with Gasteiger partial charge in [0, 0.05) is 5.92 Å². The van der Waals surface area contributed by atoms with E-state index < -0.39 is 0 Å². The molecule has 1 saturated carbocycles. The molecule has 0 atom stereocenters. The fourth-order valence-corrected chi connectivity index (χ4v) is 3.01. The summed E-state index contributed by atoms with van der Waals surface area (Å²) in [7, 11) is 0. The number of aromatic nitrogens is 2. The lowest BCUT2D eigenvalue weighted by Gasteiger charge is -2.07. The monoisotopic (exact) mass is 260 g/mol. The zero-order valence-electron chi connectivity index (χ0n) is 10.6. The fraction of sp³-hybridized carbons (Fsp3) is 0.400. The Morgan fingerprint density at radius 3 is 2.67 bits per heavy atom. The second kappa shape index (κ2) is 4.77. The van der Waals surface area contributed by atoms with Crippen molar-refractivity contribution in [3.05, 3.63) is 46.7 Å². The smallest absolute Gasteiger partial charge is 0.133 e. The van der Waals surface area contributed by atoms with Crippen LogP contribution in [0.25, 0.3) is 5.69 Å². The molecule has 0 saturated heterocycles. The normalized spacial score (nSPS) is 16.3. The molecule has 0 radical (unpaired) electrons. The average molecular weight is 261 g/mol. The van der Waals surface area contributed by atoms with Crippen molar-refractivity contribution < 1.29 is 0 Å². The van der Waals surface area contributed by atoms with Crippen molar-refractivity contribution in [3.63, 3.8) is 0 Å². The molecule has 0 N–H and O–H groups in total. The standard InChI is InChI=1S/C15H17ClN2/c1-11-6-2-5-9-14(11)18-15(16)10-13(17-18)12-7-3-4-8-12/h2,5-6,9-10,12H,3-4,7-8H2,1H3. The van der Waals surface area contributed by atoms with Gasteiger partial charge in [0.2, 0.25) is 0 Å². The highest BCUT2D eigenvalue weighted by Crippen LogP contribution is 2.35. The molecule has 94 valence electrons. The summed E-state index contributed by atoms with van der Waals surface area (Å²) in [5.74, 6) is 0.604.